The molecule has 136 valence electrons. The van der Waals surface area contributed by atoms with E-state index in [2.05, 4.69) is 20.3 Å². The molecule has 6 nitrogen and oxygen atoms in total. The SMILES string of the molecule is Nc1ccc(-c2ccnc(Nc3ccccc3)n2)cc1C(=O)c1cccnc1. The zero-order valence-electron chi connectivity index (χ0n) is 14.9. The Bertz CT molecular complexity index is 1110. The van der Waals surface area contributed by atoms with E-state index in [4.69, 9.17) is 5.73 Å². The van der Waals surface area contributed by atoms with Crippen LogP contribution in [-0.2, 0) is 0 Å². The van der Waals surface area contributed by atoms with Crippen molar-refractivity contribution in [1.82, 2.24) is 15.0 Å². The van der Waals surface area contributed by atoms with E-state index >= 15 is 0 Å². The molecule has 3 N–H and O–H groups in total. The molecule has 2 aromatic carbocycles. The highest BCUT2D eigenvalue weighted by atomic mass is 16.1. The summed E-state index contributed by atoms with van der Waals surface area (Å²) >= 11 is 0. The molecule has 2 heterocycles. The van der Waals surface area contributed by atoms with E-state index < -0.39 is 0 Å². The number of hydrogen-bond donors (Lipinski definition) is 2. The Labute approximate surface area is 162 Å². The number of benzene rings is 2. The highest BCUT2D eigenvalue weighted by Crippen LogP contribution is 2.25. The zero-order chi connectivity index (χ0) is 19.3. The summed E-state index contributed by atoms with van der Waals surface area (Å²) in [7, 11) is 0. The molecule has 0 saturated heterocycles. The normalized spacial score (nSPS) is 10.4. The van der Waals surface area contributed by atoms with Gasteiger partial charge in [-0.1, -0.05) is 24.3 Å². The number of pyridine rings is 1. The van der Waals surface area contributed by atoms with Crippen LogP contribution in [0.4, 0.5) is 17.3 Å². The van der Waals surface area contributed by atoms with Gasteiger partial charge in [0.05, 0.1) is 5.69 Å². The van der Waals surface area contributed by atoms with Crippen LogP contribution < -0.4 is 11.1 Å². The van der Waals surface area contributed by atoms with Gasteiger partial charge in [-0.2, -0.15) is 0 Å². The molecular weight excluding hydrogens is 350 g/mol. The maximum Gasteiger partial charge on any atom is 0.227 e. The van der Waals surface area contributed by atoms with Crippen molar-refractivity contribution >= 4 is 23.1 Å². The van der Waals surface area contributed by atoms with Crippen molar-refractivity contribution in [2.75, 3.05) is 11.1 Å². The molecule has 0 fully saturated rings. The quantitative estimate of drug-likeness (QED) is 0.407. The Balaban J connectivity index is 1.67. The van der Waals surface area contributed by atoms with Gasteiger partial charge in [-0.15, -0.1) is 0 Å². The van der Waals surface area contributed by atoms with Crippen LogP contribution in [-0.4, -0.2) is 20.7 Å². The summed E-state index contributed by atoms with van der Waals surface area (Å²) in [6, 6.07) is 20.2. The van der Waals surface area contributed by atoms with Gasteiger partial charge < -0.3 is 11.1 Å². The summed E-state index contributed by atoms with van der Waals surface area (Å²) in [5, 5.41) is 3.17. The predicted octanol–water partition coefficient (Wildman–Crippen LogP) is 4.10. The Morgan fingerprint density at radius 3 is 2.57 bits per heavy atom. The van der Waals surface area contributed by atoms with Gasteiger partial charge in [-0.3, -0.25) is 9.78 Å². The first-order valence-electron chi connectivity index (χ1n) is 8.70. The highest BCUT2D eigenvalue weighted by molar-refractivity contribution is 6.12. The van der Waals surface area contributed by atoms with E-state index in [0.29, 0.717) is 28.5 Å². The molecule has 0 atom stereocenters. The molecule has 0 radical (unpaired) electrons. The van der Waals surface area contributed by atoms with Gasteiger partial charge in [0.1, 0.15) is 0 Å². The van der Waals surface area contributed by atoms with Crippen LogP contribution in [0.25, 0.3) is 11.3 Å². The third-order valence-electron chi connectivity index (χ3n) is 4.20. The minimum Gasteiger partial charge on any atom is -0.398 e. The Morgan fingerprint density at radius 1 is 0.929 bits per heavy atom. The number of nitrogens with two attached hydrogens (primary N) is 1. The second kappa shape index (κ2) is 7.67. The van der Waals surface area contributed by atoms with Crippen molar-refractivity contribution in [2.24, 2.45) is 0 Å². The van der Waals surface area contributed by atoms with E-state index in [1.807, 2.05) is 36.4 Å². The van der Waals surface area contributed by atoms with Crippen molar-refractivity contribution < 1.29 is 4.79 Å². The first kappa shape index (κ1) is 17.4. The molecule has 0 bridgehead atoms. The summed E-state index contributed by atoms with van der Waals surface area (Å²) in [6.45, 7) is 0. The molecule has 0 aliphatic heterocycles. The van der Waals surface area contributed by atoms with Crippen LogP contribution in [0.5, 0.6) is 0 Å². The van der Waals surface area contributed by atoms with Gasteiger partial charge in [0.2, 0.25) is 5.95 Å². The molecule has 0 amide bonds. The lowest BCUT2D eigenvalue weighted by atomic mass is 9.99. The summed E-state index contributed by atoms with van der Waals surface area (Å²) in [4.78, 5) is 25.6. The predicted molar refractivity (Wildman–Crippen MR) is 109 cm³/mol. The maximum absolute atomic E-state index is 12.8. The number of carbonyl (C=O) groups is 1. The Hall–Kier alpha value is -4.06. The minimum absolute atomic E-state index is 0.177. The van der Waals surface area contributed by atoms with E-state index in [0.717, 1.165) is 11.3 Å². The van der Waals surface area contributed by atoms with Crippen LogP contribution in [0.2, 0.25) is 0 Å². The van der Waals surface area contributed by atoms with Crippen LogP contribution in [0.1, 0.15) is 15.9 Å². The number of hydrogen-bond acceptors (Lipinski definition) is 6. The van der Waals surface area contributed by atoms with Gasteiger partial charge in [0, 0.05) is 46.7 Å². The number of nitrogens with zero attached hydrogens (tertiary/aromatic N) is 3. The van der Waals surface area contributed by atoms with Crippen molar-refractivity contribution in [3.05, 3.63) is 96.4 Å². The van der Waals surface area contributed by atoms with Gasteiger partial charge in [-0.25, -0.2) is 9.97 Å². The summed E-state index contributed by atoms with van der Waals surface area (Å²) in [5.41, 5.74) is 9.73. The van der Waals surface area contributed by atoms with Gasteiger partial charge >= 0.3 is 0 Å². The lowest BCUT2D eigenvalue weighted by molar-refractivity contribution is 0.103. The molecule has 0 aliphatic rings. The van der Waals surface area contributed by atoms with Gasteiger partial charge in [-0.05, 0) is 42.5 Å². The average Bonchev–Trinajstić information content (AvgIpc) is 2.75. The lowest BCUT2D eigenvalue weighted by Crippen LogP contribution is -2.06. The smallest absolute Gasteiger partial charge is 0.227 e. The first-order chi connectivity index (χ1) is 13.7. The Morgan fingerprint density at radius 2 is 1.79 bits per heavy atom. The molecule has 28 heavy (non-hydrogen) atoms. The maximum atomic E-state index is 12.8. The molecule has 0 saturated carbocycles. The summed E-state index contributed by atoms with van der Waals surface area (Å²) in [6.07, 6.45) is 4.83. The van der Waals surface area contributed by atoms with Crippen molar-refractivity contribution in [3.8, 4) is 11.3 Å². The van der Waals surface area contributed by atoms with Crippen LogP contribution >= 0.6 is 0 Å². The average molecular weight is 367 g/mol. The Kier molecular flexibility index (Phi) is 4.76. The van der Waals surface area contributed by atoms with Crippen LogP contribution in [0.15, 0.2) is 85.3 Å². The van der Waals surface area contributed by atoms with Crippen molar-refractivity contribution in [2.45, 2.75) is 0 Å². The summed E-state index contributed by atoms with van der Waals surface area (Å²) < 4.78 is 0. The summed E-state index contributed by atoms with van der Waals surface area (Å²) in [5.74, 6) is 0.296. The van der Waals surface area contributed by atoms with Crippen LogP contribution in [0, 0.1) is 0 Å². The van der Waals surface area contributed by atoms with Crippen molar-refractivity contribution in [1.29, 1.82) is 0 Å². The molecule has 0 aliphatic carbocycles. The first-order valence-corrected chi connectivity index (χ1v) is 8.70. The number of carbonyl (C=O) groups excluding carboxylic acids is 1. The molecule has 0 unspecified atom stereocenters. The number of nitrogens with one attached hydrogen (secondary N) is 1. The lowest BCUT2D eigenvalue weighted by Gasteiger charge is -2.09. The third kappa shape index (κ3) is 3.71. The molecule has 4 aromatic rings. The fraction of sp³-hybridized carbons (Fsp3) is 0. The number of para-hydroxylation sites is 1. The third-order valence-corrected chi connectivity index (χ3v) is 4.20. The number of anilines is 3. The zero-order valence-corrected chi connectivity index (χ0v) is 14.9. The van der Waals surface area contributed by atoms with E-state index in [9.17, 15) is 4.79 Å². The number of nitrogen functional groups attached to an aromatic ring is 1. The minimum atomic E-state index is -0.177. The second-order valence-electron chi connectivity index (χ2n) is 6.13. The number of rotatable bonds is 5. The van der Waals surface area contributed by atoms with E-state index in [1.165, 1.54) is 6.20 Å². The van der Waals surface area contributed by atoms with Gasteiger partial charge in [0.25, 0.3) is 0 Å². The fourth-order valence-corrected chi connectivity index (χ4v) is 2.80. The number of aromatic nitrogens is 3. The molecular formula is C22H17N5O. The van der Waals surface area contributed by atoms with Crippen molar-refractivity contribution in [3.63, 3.8) is 0 Å². The number of ketones is 1. The monoisotopic (exact) mass is 367 g/mol. The van der Waals surface area contributed by atoms with E-state index in [1.54, 1.807) is 42.7 Å². The highest BCUT2D eigenvalue weighted by Gasteiger charge is 2.14. The molecule has 6 heteroatoms. The molecule has 0 spiro atoms. The largest absolute Gasteiger partial charge is 0.398 e. The molecule has 2 aromatic heterocycles. The van der Waals surface area contributed by atoms with E-state index in [-0.39, 0.29) is 5.78 Å². The van der Waals surface area contributed by atoms with Crippen LogP contribution in [0.3, 0.4) is 0 Å². The molecule has 4 rings (SSSR count). The standard InChI is InChI=1S/C22H17N5O/c23-19-9-8-15(13-18(19)21(28)16-5-4-11-24-14-16)20-10-12-25-22(27-20)26-17-6-2-1-3-7-17/h1-14H,23H2,(H,25,26,27). The second-order valence-corrected chi connectivity index (χ2v) is 6.13. The topological polar surface area (TPSA) is 93.8 Å². The van der Waals surface area contributed by atoms with Gasteiger partial charge in [0.15, 0.2) is 5.78 Å². The fourth-order valence-electron chi connectivity index (χ4n) is 2.80.